The molecule has 2 aliphatic rings. The minimum atomic E-state index is -3.69. The van der Waals surface area contributed by atoms with Crippen molar-refractivity contribution in [2.75, 3.05) is 36.5 Å². The molecular formula is C23H28ClN7O4S. The van der Waals surface area contributed by atoms with Gasteiger partial charge in [-0.2, -0.15) is 4.98 Å². The van der Waals surface area contributed by atoms with Crippen molar-refractivity contribution in [3.8, 4) is 5.88 Å². The molecule has 13 heteroatoms. The van der Waals surface area contributed by atoms with Crippen molar-refractivity contribution in [1.82, 2.24) is 19.9 Å². The molecule has 0 aromatic carbocycles. The van der Waals surface area contributed by atoms with Crippen LogP contribution >= 0.6 is 11.6 Å². The topological polar surface area (TPSA) is 145 Å². The summed E-state index contributed by atoms with van der Waals surface area (Å²) in [6.45, 7) is 2.71. The van der Waals surface area contributed by atoms with Gasteiger partial charge >= 0.3 is 0 Å². The van der Waals surface area contributed by atoms with E-state index >= 15 is 0 Å². The number of anilines is 2. The van der Waals surface area contributed by atoms with Gasteiger partial charge in [-0.15, -0.1) is 0 Å². The Labute approximate surface area is 214 Å². The average molecular weight is 534 g/mol. The highest BCUT2D eigenvalue weighted by atomic mass is 35.5. The van der Waals surface area contributed by atoms with E-state index in [-0.39, 0.29) is 17.9 Å². The zero-order chi connectivity index (χ0) is 25.1. The molecule has 3 aromatic heterocycles. The van der Waals surface area contributed by atoms with E-state index in [2.05, 4.69) is 25.2 Å². The molecule has 3 aromatic rings. The molecule has 2 fully saturated rings. The normalized spacial score (nSPS) is 20.9. The van der Waals surface area contributed by atoms with E-state index in [1.165, 1.54) is 6.20 Å². The van der Waals surface area contributed by atoms with Crippen molar-refractivity contribution >= 4 is 44.3 Å². The Morgan fingerprint density at radius 3 is 2.64 bits per heavy atom. The summed E-state index contributed by atoms with van der Waals surface area (Å²) in [5, 5.41) is 9.66. The second kappa shape index (κ2) is 10.7. The third-order valence-corrected chi connectivity index (χ3v) is 7.24. The fourth-order valence-electron chi connectivity index (χ4n) is 4.55. The van der Waals surface area contributed by atoms with Crippen LogP contribution in [0.25, 0.3) is 10.9 Å². The van der Waals surface area contributed by atoms with Crippen LogP contribution in [0.5, 0.6) is 5.88 Å². The molecule has 0 atom stereocenters. The molecule has 36 heavy (non-hydrogen) atoms. The highest BCUT2D eigenvalue weighted by Gasteiger charge is 2.25. The number of fused-ring (bicyclic) bond motifs is 1. The number of primary sulfonamides is 1. The van der Waals surface area contributed by atoms with Crippen molar-refractivity contribution < 1.29 is 17.9 Å². The minimum absolute atomic E-state index is 0.0409. The van der Waals surface area contributed by atoms with E-state index in [1.807, 2.05) is 6.07 Å². The van der Waals surface area contributed by atoms with E-state index in [0.29, 0.717) is 46.7 Å². The van der Waals surface area contributed by atoms with Crippen molar-refractivity contribution in [1.29, 1.82) is 0 Å². The molecule has 1 aliphatic heterocycles. The molecule has 192 valence electrons. The van der Waals surface area contributed by atoms with Crippen LogP contribution in [-0.4, -0.2) is 66.8 Å². The molecule has 11 nitrogen and oxygen atoms in total. The maximum Gasteiger partial charge on any atom is 0.225 e. The third-order valence-electron chi connectivity index (χ3n) is 6.30. The molecule has 4 heterocycles. The molecule has 0 bridgehead atoms. The number of nitrogens with one attached hydrogen (secondary N) is 1. The summed E-state index contributed by atoms with van der Waals surface area (Å²) in [6.07, 6.45) is 6.49. The van der Waals surface area contributed by atoms with Gasteiger partial charge < -0.3 is 19.7 Å². The van der Waals surface area contributed by atoms with Crippen LogP contribution in [0.3, 0.4) is 0 Å². The first-order valence-electron chi connectivity index (χ1n) is 11.9. The first-order valence-corrected chi connectivity index (χ1v) is 14.0. The van der Waals surface area contributed by atoms with Gasteiger partial charge in [-0.1, -0.05) is 11.6 Å². The predicted octanol–water partition coefficient (Wildman–Crippen LogP) is 2.50. The maximum atomic E-state index is 11.6. The Morgan fingerprint density at radius 1 is 1.14 bits per heavy atom. The number of morpholine rings is 1. The van der Waals surface area contributed by atoms with Crippen molar-refractivity contribution in [3.63, 3.8) is 0 Å². The smallest absolute Gasteiger partial charge is 0.225 e. The van der Waals surface area contributed by atoms with E-state index in [9.17, 15) is 8.42 Å². The summed E-state index contributed by atoms with van der Waals surface area (Å²) in [4.78, 5) is 19.9. The van der Waals surface area contributed by atoms with Gasteiger partial charge in [0.15, 0.2) is 0 Å². The summed E-state index contributed by atoms with van der Waals surface area (Å²) in [5.74, 6) is 1.43. The molecular weight excluding hydrogens is 506 g/mol. The SMILES string of the molecule is NS(=O)(=O)Cc1cnc2cc(N3CCOCC3)nc(OC3CCC(Nc4nccc(Cl)n4)CC3)c2c1. The molecule has 1 aliphatic carbocycles. The van der Waals surface area contributed by atoms with Gasteiger partial charge in [0, 0.05) is 37.6 Å². The van der Waals surface area contributed by atoms with Gasteiger partial charge in [0.05, 0.1) is 29.9 Å². The zero-order valence-electron chi connectivity index (χ0n) is 19.6. The lowest BCUT2D eigenvalue weighted by atomic mass is 9.93. The van der Waals surface area contributed by atoms with E-state index in [1.54, 1.807) is 18.3 Å². The van der Waals surface area contributed by atoms with Gasteiger partial charge in [-0.05, 0) is 43.4 Å². The molecule has 1 saturated carbocycles. The number of nitrogens with zero attached hydrogens (tertiary/aromatic N) is 5. The van der Waals surface area contributed by atoms with E-state index in [0.717, 1.165) is 44.6 Å². The molecule has 5 rings (SSSR count). The Bertz CT molecular complexity index is 1330. The maximum absolute atomic E-state index is 11.6. The minimum Gasteiger partial charge on any atom is -0.474 e. The molecule has 0 radical (unpaired) electrons. The second-order valence-electron chi connectivity index (χ2n) is 9.04. The van der Waals surface area contributed by atoms with Crippen LogP contribution in [0, 0.1) is 0 Å². The van der Waals surface area contributed by atoms with Crippen molar-refractivity contribution in [2.24, 2.45) is 5.14 Å². The lowest BCUT2D eigenvalue weighted by molar-refractivity contribution is 0.122. The number of pyridine rings is 2. The largest absolute Gasteiger partial charge is 0.474 e. The van der Waals surface area contributed by atoms with Crippen LogP contribution in [0.4, 0.5) is 11.8 Å². The lowest BCUT2D eigenvalue weighted by Gasteiger charge is -2.31. The Morgan fingerprint density at radius 2 is 1.92 bits per heavy atom. The number of ether oxygens (including phenoxy) is 2. The van der Waals surface area contributed by atoms with Crippen LogP contribution in [0.1, 0.15) is 31.2 Å². The highest BCUT2D eigenvalue weighted by molar-refractivity contribution is 7.88. The summed E-state index contributed by atoms with van der Waals surface area (Å²) in [7, 11) is -3.69. The zero-order valence-corrected chi connectivity index (χ0v) is 21.2. The van der Waals surface area contributed by atoms with E-state index < -0.39 is 10.0 Å². The number of aromatic nitrogens is 4. The van der Waals surface area contributed by atoms with Gasteiger partial charge in [0.1, 0.15) is 17.1 Å². The van der Waals surface area contributed by atoms with Crippen molar-refractivity contribution in [2.45, 2.75) is 43.6 Å². The standard InChI is InChI=1S/C23H28ClN7O4S/c24-20-5-6-26-23(29-20)28-16-1-3-17(4-2-16)35-22-18-11-15(14-36(25,32)33)13-27-19(18)12-21(30-22)31-7-9-34-10-8-31/h5-6,11-13,16-17H,1-4,7-10,14H2,(H2,25,32,33)(H,26,28,29). The molecule has 3 N–H and O–H groups in total. The Hall–Kier alpha value is -2.80. The Balaban J connectivity index is 1.35. The molecule has 1 saturated heterocycles. The Kier molecular flexibility index (Phi) is 7.37. The average Bonchev–Trinajstić information content (AvgIpc) is 2.85. The molecule has 0 unspecified atom stereocenters. The quantitative estimate of drug-likeness (QED) is 0.434. The summed E-state index contributed by atoms with van der Waals surface area (Å²) < 4.78 is 35.2. The van der Waals surface area contributed by atoms with Crippen LogP contribution in [0.15, 0.2) is 30.6 Å². The summed E-state index contributed by atoms with van der Waals surface area (Å²) in [6, 6.07) is 5.51. The van der Waals surface area contributed by atoms with Gasteiger partial charge in [-0.25, -0.2) is 23.5 Å². The van der Waals surface area contributed by atoms with Gasteiger partial charge in [-0.3, -0.25) is 4.98 Å². The summed E-state index contributed by atoms with van der Waals surface area (Å²) >= 11 is 5.97. The highest BCUT2D eigenvalue weighted by Crippen LogP contribution is 2.32. The van der Waals surface area contributed by atoms with E-state index in [4.69, 9.17) is 31.2 Å². The van der Waals surface area contributed by atoms with Crippen LogP contribution in [-0.2, 0) is 20.5 Å². The van der Waals surface area contributed by atoms with Crippen molar-refractivity contribution in [3.05, 3.63) is 41.3 Å². The van der Waals surface area contributed by atoms with Gasteiger partial charge in [0.25, 0.3) is 0 Å². The first-order chi connectivity index (χ1) is 17.3. The lowest BCUT2D eigenvalue weighted by Crippen LogP contribution is -2.37. The van der Waals surface area contributed by atoms with Gasteiger partial charge in [0.2, 0.25) is 21.9 Å². The fourth-order valence-corrected chi connectivity index (χ4v) is 5.31. The van der Waals surface area contributed by atoms with Crippen LogP contribution < -0.4 is 20.1 Å². The monoisotopic (exact) mass is 533 g/mol. The number of rotatable bonds is 7. The van der Waals surface area contributed by atoms with Crippen LogP contribution in [0.2, 0.25) is 5.15 Å². The summed E-state index contributed by atoms with van der Waals surface area (Å²) in [5.41, 5.74) is 1.18. The number of sulfonamides is 1. The number of hydrogen-bond donors (Lipinski definition) is 2. The number of nitrogens with two attached hydrogens (primary N) is 1. The molecule has 0 spiro atoms. The molecule has 0 amide bonds. The number of halogens is 1. The predicted molar refractivity (Wildman–Crippen MR) is 137 cm³/mol. The fraction of sp³-hybridized carbons (Fsp3) is 0.478. The second-order valence-corrected chi connectivity index (χ2v) is 11.0. The number of hydrogen-bond acceptors (Lipinski definition) is 10. The third kappa shape index (κ3) is 6.30. The first kappa shape index (κ1) is 24.9.